The summed E-state index contributed by atoms with van der Waals surface area (Å²) in [5.74, 6) is 3.50. The number of piperidine rings is 1. The highest BCUT2D eigenvalue weighted by Gasteiger charge is 2.31. The van der Waals surface area contributed by atoms with Gasteiger partial charge >= 0.3 is 0 Å². The van der Waals surface area contributed by atoms with Gasteiger partial charge in [0.15, 0.2) is 0 Å². The van der Waals surface area contributed by atoms with Gasteiger partial charge in [0, 0.05) is 25.2 Å². The summed E-state index contributed by atoms with van der Waals surface area (Å²) >= 11 is 0. The molecule has 1 saturated heterocycles. The van der Waals surface area contributed by atoms with Gasteiger partial charge in [0.1, 0.15) is 0 Å². The third-order valence-electron chi connectivity index (χ3n) is 7.71. The molecular weight excluding hydrogens is 376 g/mol. The van der Waals surface area contributed by atoms with E-state index in [1.54, 1.807) is 5.57 Å². The van der Waals surface area contributed by atoms with Crippen molar-refractivity contribution in [2.24, 2.45) is 28.7 Å². The quantitative estimate of drug-likeness (QED) is 0.287. The Morgan fingerprint density at radius 2 is 1.81 bits per heavy atom. The Morgan fingerprint density at radius 1 is 1.06 bits per heavy atom. The summed E-state index contributed by atoms with van der Waals surface area (Å²) in [7, 11) is 0. The highest BCUT2D eigenvalue weighted by Crippen LogP contribution is 2.37. The lowest BCUT2D eigenvalue weighted by atomic mass is 9.88. The van der Waals surface area contributed by atoms with Crippen LogP contribution in [0.25, 0.3) is 0 Å². The molecule has 3 rings (SSSR count). The van der Waals surface area contributed by atoms with Gasteiger partial charge < -0.3 is 4.90 Å². The van der Waals surface area contributed by atoms with Crippen LogP contribution in [0.3, 0.4) is 0 Å². The maximum Gasteiger partial charge on any atom is 0.0392 e. The fraction of sp³-hybridized carbons (Fsp3) is 0.690. The summed E-state index contributed by atoms with van der Waals surface area (Å²) in [5, 5.41) is 0. The number of benzene rings is 1. The minimum absolute atomic E-state index is 0.729. The molecule has 1 aromatic rings. The van der Waals surface area contributed by atoms with Crippen LogP contribution in [-0.2, 0) is 6.42 Å². The molecule has 2 aliphatic rings. The molecule has 1 aromatic carbocycles. The van der Waals surface area contributed by atoms with Crippen molar-refractivity contribution in [3.8, 4) is 0 Å². The number of aliphatic imine (C=N–C) groups is 1. The van der Waals surface area contributed by atoms with E-state index < -0.39 is 0 Å². The number of hydrogen-bond donors (Lipinski definition) is 0. The first kappa shape index (κ1) is 24.2. The number of allylic oxidation sites excluding steroid dienone is 2. The van der Waals surface area contributed by atoms with Gasteiger partial charge in [0.2, 0.25) is 0 Å². The average molecular weight is 423 g/mol. The van der Waals surface area contributed by atoms with E-state index in [9.17, 15) is 0 Å². The van der Waals surface area contributed by atoms with Gasteiger partial charge in [-0.2, -0.15) is 0 Å². The van der Waals surface area contributed by atoms with Crippen molar-refractivity contribution >= 4 is 5.71 Å². The maximum absolute atomic E-state index is 5.02. The smallest absolute Gasteiger partial charge is 0.0392 e. The molecule has 2 nitrogen and oxygen atoms in total. The van der Waals surface area contributed by atoms with E-state index in [-0.39, 0.29) is 0 Å². The van der Waals surface area contributed by atoms with Crippen LogP contribution < -0.4 is 0 Å². The standard InChI is InChI=1S/C29H46N2/c1-5-6-10-15-30-29(21-26-11-8-7-9-12-26)20-25(4)27-13-16-31(17-14-27)22-28-19-23(2)18-24(28)3/h7-9,11-12,20,23-24,27-28H,5-6,10,13-19,21-22H2,1-4H3/b25-20+,30-29?. The second-order valence-electron chi connectivity index (χ2n) is 10.5. The molecule has 3 atom stereocenters. The Kier molecular flexibility index (Phi) is 9.84. The molecule has 172 valence electrons. The van der Waals surface area contributed by atoms with Crippen molar-refractivity contribution in [1.29, 1.82) is 0 Å². The SMILES string of the molecule is CCCCCN=C(/C=C(\C)C1CCN(CC2CC(C)CC2C)CC1)Cc1ccccc1. The lowest BCUT2D eigenvalue weighted by molar-refractivity contribution is 0.159. The van der Waals surface area contributed by atoms with E-state index in [1.807, 2.05) is 0 Å². The molecule has 0 amide bonds. The van der Waals surface area contributed by atoms with Crippen LogP contribution in [0.4, 0.5) is 0 Å². The summed E-state index contributed by atoms with van der Waals surface area (Å²) in [6.07, 6.45) is 12.6. The van der Waals surface area contributed by atoms with Gasteiger partial charge in [0.25, 0.3) is 0 Å². The van der Waals surface area contributed by atoms with E-state index in [1.165, 1.54) is 75.9 Å². The van der Waals surface area contributed by atoms with Crippen LogP contribution in [0.5, 0.6) is 0 Å². The van der Waals surface area contributed by atoms with E-state index in [0.29, 0.717) is 0 Å². The summed E-state index contributed by atoms with van der Waals surface area (Å²) in [4.78, 5) is 7.78. The van der Waals surface area contributed by atoms with Crippen LogP contribution in [0.2, 0.25) is 0 Å². The zero-order chi connectivity index (χ0) is 22.1. The molecule has 1 aliphatic heterocycles. The molecule has 2 heteroatoms. The highest BCUT2D eigenvalue weighted by atomic mass is 15.1. The van der Waals surface area contributed by atoms with E-state index in [2.05, 4.69) is 69.0 Å². The Balaban J connectivity index is 1.55. The van der Waals surface area contributed by atoms with Crippen molar-refractivity contribution in [2.75, 3.05) is 26.2 Å². The van der Waals surface area contributed by atoms with Gasteiger partial charge in [-0.25, -0.2) is 0 Å². The molecule has 1 heterocycles. The summed E-state index contributed by atoms with van der Waals surface area (Å²) in [6.45, 7) is 14.4. The normalized spacial score (nSPS) is 26.5. The van der Waals surface area contributed by atoms with Crippen LogP contribution in [0, 0.1) is 23.7 Å². The first-order valence-corrected chi connectivity index (χ1v) is 13.0. The maximum atomic E-state index is 5.02. The van der Waals surface area contributed by atoms with Crippen molar-refractivity contribution < 1.29 is 0 Å². The number of rotatable bonds is 10. The van der Waals surface area contributed by atoms with Crippen LogP contribution >= 0.6 is 0 Å². The molecule has 2 fully saturated rings. The van der Waals surface area contributed by atoms with Crippen molar-refractivity contribution in [1.82, 2.24) is 4.90 Å². The molecule has 3 unspecified atom stereocenters. The Labute approximate surface area is 192 Å². The Hall–Kier alpha value is -1.41. The summed E-state index contributed by atoms with van der Waals surface area (Å²) in [6, 6.07) is 10.8. The molecule has 0 aromatic heterocycles. The first-order chi connectivity index (χ1) is 15.0. The highest BCUT2D eigenvalue weighted by molar-refractivity contribution is 5.97. The van der Waals surface area contributed by atoms with E-state index in [0.717, 1.165) is 36.6 Å². The van der Waals surface area contributed by atoms with Gasteiger partial charge in [-0.3, -0.25) is 4.99 Å². The Morgan fingerprint density at radius 3 is 2.45 bits per heavy atom. The molecule has 0 bridgehead atoms. The van der Waals surface area contributed by atoms with Gasteiger partial charge in [-0.1, -0.05) is 69.5 Å². The number of hydrogen-bond acceptors (Lipinski definition) is 2. The summed E-state index contributed by atoms with van der Waals surface area (Å²) < 4.78 is 0. The summed E-state index contributed by atoms with van der Waals surface area (Å²) in [5.41, 5.74) is 4.19. The minimum Gasteiger partial charge on any atom is -0.303 e. The molecule has 0 N–H and O–H groups in total. The first-order valence-electron chi connectivity index (χ1n) is 13.0. The van der Waals surface area contributed by atoms with Crippen LogP contribution in [0.1, 0.15) is 78.2 Å². The zero-order valence-electron chi connectivity index (χ0n) is 20.7. The van der Waals surface area contributed by atoms with Crippen LogP contribution in [-0.4, -0.2) is 36.8 Å². The second kappa shape index (κ2) is 12.6. The predicted octanol–water partition coefficient (Wildman–Crippen LogP) is 7.20. The third kappa shape index (κ3) is 7.90. The lowest BCUT2D eigenvalue weighted by Crippen LogP contribution is -2.38. The second-order valence-corrected chi connectivity index (χ2v) is 10.5. The Bertz CT molecular complexity index is 697. The number of unbranched alkanes of at least 4 members (excludes halogenated alkanes) is 2. The van der Waals surface area contributed by atoms with Gasteiger partial charge in [0.05, 0.1) is 0 Å². The number of likely N-dealkylation sites (tertiary alicyclic amines) is 1. The lowest BCUT2D eigenvalue weighted by Gasteiger charge is -2.35. The topological polar surface area (TPSA) is 15.6 Å². The molecule has 0 spiro atoms. The fourth-order valence-electron chi connectivity index (χ4n) is 5.75. The molecule has 1 saturated carbocycles. The molecule has 31 heavy (non-hydrogen) atoms. The number of nitrogens with zero attached hydrogens (tertiary/aromatic N) is 2. The largest absolute Gasteiger partial charge is 0.303 e. The van der Waals surface area contributed by atoms with Crippen molar-refractivity contribution in [3.63, 3.8) is 0 Å². The van der Waals surface area contributed by atoms with E-state index >= 15 is 0 Å². The van der Waals surface area contributed by atoms with Crippen LogP contribution in [0.15, 0.2) is 47.0 Å². The van der Waals surface area contributed by atoms with Crippen molar-refractivity contribution in [3.05, 3.63) is 47.5 Å². The van der Waals surface area contributed by atoms with Gasteiger partial charge in [-0.15, -0.1) is 0 Å². The zero-order valence-corrected chi connectivity index (χ0v) is 20.7. The molecule has 1 aliphatic carbocycles. The minimum atomic E-state index is 0.729. The molecule has 0 radical (unpaired) electrons. The fourth-order valence-corrected chi connectivity index (χ4v) is 5.75. The van der Waals surface area contributed by atoms with Gasteiger partial charge in [-0.05, 0) is 87.4 Å². The third-order valence-corrected chi connectivity index (χ3v) is 7.71. The van der Waals surface area contributed by atoms with E-state index in [4.69, 9.17) is 4.99 Å². The predicted molar refractivity (Wildman–Crippen MR) is 136 cm³/mol. The monoisotopic (exact) mass is 422 g/mol. The van der Waals surface area contributed by atoms with Crippen molar-refractivity contribution in [2.45, 2.75) is 79.1 Å². The average Bonchev–Trinajstić information content (AvgIpc) is 3.08. The molecular formula is C29H46N2.